The minimum absolute atomic E-state index is 0.0246. The lowest BCUT2D eigenvalue weighted by atomic mass is 9.77. The lowest BCUT2D eigenvalue weighted by Gasteiger charge is -2.23. The van der Waals surface area contributed by atoms with E-state index < -0.39 is 17.4 Å². The molecular weight excluding hydrogens is 340 g/mol. The molecule has 4 atom stereocenters. The van der Waals surface area contributed by atoms with Crippen molar-refractivity contribution in [2.24, 2.45) is 11.8 Å². The Labute approximate surface area is 152 Å². The molecule has 6 heteroatoms. The zero-order valence-electron chi connectivity index (χ0n) is 14.1. The van der Waals surface area contributed by atoms with Crippen molar-refractivity contribution in [3.05, 3.63) is 47.0 Å². The van der Waals surface area contributed by atoms with Crippen LogP contribution in [0.3, 0.4) is 0 Å². The van der Waals surface area contributed by atoms with E-state index in [1.54, 1.807) is 4.90 Å². The standard InChI is InChI=1S/C19H21ClN2O3/c1-2-9-21-17(23)15-14-7-8-19(25-14)11-22(18(24)16(15)19)10-12-5-3-4-6-13(12)20/h3-8,14-16H,2,9-11H2,1H3,(H,21,23). The largest absolute Gasteiger partial charge is 0.360 e. The van der Waals surface area contributed by atoms with E-state index in [1.807, 2.05) is 43.3 Å². The van der Waals surface area contributed by atoms with Gasteiger partial charge in [0, 0.05) is 18.1 Å². The SMILES string of the molecule is CCCNC(=O)C1C2C=CC3(CN(Cc4ccccc4Cl)C(=O)C13)O2. The number of benzene rings is 1. The summed E-state index contributed by atoms with van der Waals surface area (Å²) in [6.45, 7) is 3.52. The molecule has 5 nitrogen and oxygen atoms in total. The molecule has 0 radical (unpaired) electrons. The highest BCUT2D eigenvalue weighted by molar-refractivity contribution is 6.31. The molecule has 4 unspecified atom stereocenters. The summed E-state index contributed by atoms with van der Waals surface area (Å²) >= 11 is 6.24. The van der Waals surface area contributed by atoms with Crippen molar-refractivity contribution in [1.29, 1.82) is 0 Å². The molecule has 0 aliphatic carbocycles. The monoisotopic (exact) mass is 360 g/mol. The van der Waals surface area contributed by atoms with E-state index in [2.05, 4.69) is 5.32 Å². The minimum Gasteiger partial charge on any atom is -0.360 e. The van der Waals surface area contributed by atoms with Gasteiger partial charge in [0.15, 0.2) is 0 Å². The summed E-state index contributed by atoms with van der Waals surface area (Å²) in [5, 5.41) is 3.56. The van der Waals surface area contributed by atoms with Gasteiger partial charge in [0.25, 0.3) is 0 Å². The smallest absolute Gasteiger partial charge is 0.230 e. The third-order valence-corrected chi connectivity index (χ3v) is 5.72. The number of likely N-dealkylation sites (tertiary alicyclic amines) is 1. The van der Waals surface area contributed by atoms with Crippen molar-refractivity contribution in [2.45, 2.75) is 31.6 Å². The van der Waals surface area contributed by atoms with E-state index >= 15 is 0 Å². The van der Waals surface area contributed by atoms with Gasteiger partial charge in [0.2, 0.25) is 11.8 Å². The molecule has 1 N–H and O–H groups in total. The second-order valence-electron chi connectivity index (χ2n) is 6.98. The van der Waals surface area contributed by atoms with E-state index in [1.165, 1.54) is 0 Å². The van der Waals surface area contributed by atoms with Crippen molar-refractivity contribution in [1.82, 2.24) is 10.2 Å². The lowest BCUT2D eigenvalue weighted by Crippen LogP contribution is -2.44. The van der Waals surface area contributed by atoms with Gasteiger partial charge in [0.1, 0.15) is 5.60 Å². The van der Waals surface area contributed by atoms with Crippen molar-refractivity contribution in [3.63, 3.8) is 0 Å². The Morgan fingerprint density at radius 3 is 3.00 bits per heavy atom. The van der Waals surface area contributed by atoms with Crippen molar-refractivity contribution in [3.8, 4) is 0 Å². The first-order valence-electron chi connectivity index (χ1n) is 8.73. The van der Waals surface area contributed by atoms with Gasteiger partial charge in [-0.15, -0.1) is 0 Å². The molecule has 1 spiro atoms. The summed E-state index contributed by atoms with van der Waals surface area (Å²) in [6.07, 6.45) is 4.46. The topological polar surface area (TPSA) is 58.6 Å². The molecule has 0 saturated carbocycles. The third-order valence-electron chi connectivity index (χ3n) is 5.35. The number of hydrogen-bond donors (Lipinski definition) is 1. The van der Waals surface area contributed by atoms with Crippen LogP contribution >= 0.6 is 11.6 Å². The Balaban J connectivity index is 1.57. The summed E-state index contributed by atoms with van der Waals surface area (Å²) in [5.41, 5.74) is 0.233. The Hall–Kier alpha value is -1.85. The number of amides is 2. The second kappa shape index (κ2) is 6.15. The Kier molecular flexibility index (Phi) is 4.08. The van der Waals surface area contributed by atoms with Crippen molar-refractivity contribution in [2.75, 3.05) is 13.1 Å². The maximum absolute atomic E-state index is 13.1. The van der Waals surface area contributed by atoms with Crippen LogP contribution in [0.1, 0.15) is 18.9 Å². The molecule has 3 aliphatic rings. The lowest BCUT2D eigenvalue weighted by molar-refractivity contribution is -0.137. The summed E-state index contributed by atoms with van der Waals surface area (Å²) in [5.74, 6) is -0.999. The van der Waals surface area contributed by atoms with Gasteiger partial charge >= 0.3 is 0 Å². The van der Waals surface area contributed by atoms with Crippen molar-refractivity contribution < 1.29 is 14.3 Å². The molecule has 132 valence electrons. The first-order valence-corrected chi connectivity index (χ1v) is 9.10. The summed E-state index contributed by atoms with van der Waals surface area (Å²) in [7, 11) is 0. The molecule has 2 amide bonds. The van der Waals surface area contributed by atoms with Crippen LogP contribution in [0.4, 0.5) is 0 Å². The van der Waals surface area contributed by atoms with E-state index in [0.29, 0.717) is 24.7 Å². The van der Waals surface area contributed by atoms with Crippen LogP contribution in [0.15, 0.2) is 36.4 Å². The number of nitrogens with one attached hydrogen (secondary N) is 1. The number of carbonyl (C=O) groups is 2. The highest BCUT2D eigenvalue weighted by Gasteiger charge is 2.66. The molecule has 2 bridgehead atoms. The summed E-state index contributed by atoms with van der Waals surface area (Å²) < 4.78 is 6.10. The van der Waals surface area contributed by atoms with Crippen LogP contribution < -0.4 is 5.32 Å². The quantitative estimate of drug-likeness (QED) is 0.818. The maximum Gasteiger partial charge on any atom is 0.230 e. The Bertz CT molecular complexity index is 750. The fourth-order valence-electron chi connectivity index (χ4n) is 4.21. The fourth-order valence-corrected chi connectivity index (χ4v) is 4.41. The minimum atomic E-state index is -0.669. The number of rotatable bonds is 5. The Morgan fingerprint density at radius 1 is 1.44 bits per heavy atom. The average Bonchev–Trinajstić information content (AvgIpc) is 3.23. The molecule has 2 saturated heterocycles. The first kappa shape index (κ1) is 16.6. The number of ether oxygens (including phenoxy) is 1. The molecule has 3 heterocycles. The summed E-state index contributed by atoms with van der Waals surface area (Å²) in [4.78, 5) is 27.4. The van der Waals surface area contributed by atoms with Gasteiger partial charge in [-0.3, -0.25) is 9.59 Å². The Morgan fingerprint density at radius 2 is 2.24 bits per heavy atom. The van der Waals surface area contributed by atoms with Gasteiger partial charge in [-0.05, 0) is 18.1 Å². The number of hydrogen-bond acceptors (Lipinski definition) is 3. The highest BCUT2D eigenvalue weighted by atomic mass is 35.5. The van der Waals surface area contributed by atoms with Gasteiger partial charge in [0.05, 0.1) is 24.5 Å². The normalized spacial score (nSPS) is 32.3. The zero-order chi connectivity index (χ0) is 17.6. The fraction of sp³-hybridized carbons (Fsp3) is 0.474. The van der Waals surface area contributed by atoms with Gasteiger partial charge < -0.3 is 15.0 Å². The molecule has 1 aromatic rings. The molecule has 3 aliphatic heterocycles. The molecule has 1 aromatic carbocycles. The number of halogens is 1. The van der Waals surface area contributed by atoms with Crippen LogP contribution in [0.2, 0.25) is 5.02 Å². The summed E-state index contributed by atoms with van der Waals surface area (Å²) in [6, 6.07) is 7.51. The first-order chi connectivity index (χ1) is 12.1. The van der Waals surface area contributed by atoms with Crippen LogP contribution in [-0.2, 0) is 20.9 Å². The van der Waals surface area contributed by atoms with Gasteiger partial charge in [-0.2, -0.15) is 0 Å². The highest BCUT2D eigenvalue weighted by Crippen LogP contribution is 2.52. The van der Waals surface area contributed by atoms with Crippen LogP contribution in [-0.4, -0.2) is 41.5 Å². The predicted molar refractivity (Wildman–Crippen MR) is 93.9 cm³/mol. The van der Waals surface area contributed by atoms with E-state index in [4.69, 9.17) is 16.3 Å². The third kappa shape index (κ3) is 2.57. The zero-order valence-corrected chi connectivity index (χ0v) is 14.8. The number of fused-ring (bicyclic) bond motifs is 1. The van der Waals surface area contributed by atoms with Crippen LogP contribution in [0.25, 0.3) is 0 Å². The van der Waals surface area contributed by atoms with E-state index in [9.17, 15) is 9.59 Å². The van der Waals surface area contributed by atoms with E-state index in [0.717, 1.165) is 12.0 Å². The van der Waals surface area contributed by atoms with Gasteiger partial charge in [-0.25, -0.2) is 0 Å². The van der Waals surface area contributed by atoms with E-state index in [-0.39, 0.29) is 17.9 Å². The number of nitrogens with zero attached hydrogens (tertiary/aromatic N) is 1. The second-order valence-corrected chi connectivity index (χ2v) is 7.38. The van der Waals surface area contributed by atoms with Crippen LogP contribution in [0.5, 0.6) is 0 Å². The average molecular weight is 361 g/mol. The number of carbonyl (C=O) groups excluding carboxylic acids is 2. The maximum atomic E-state index is 13.1. The molecule has 4 rings (SSSR count). The molecule has 25 heavy (non-hydrogen) atoms. The molecule has 2 fully saturated rings. The van der Waals surface area contributed by atoms with Gasteiger partial charge in [-0.1, -0.05) is 48.9 Å². The molecule has 0 aromatic heterocycles. The molecular formula is C19H21ClN2O3. The van der Waals surface area contributed by atoms with Crippen LogP contribution in [0, 0.1) is 11.8 Å². The predicted octanol–water partition coefficient (Wildman–Crippen LogP) is 2.15. The van der Waals surface area contributed by atoms with Crippen molar-refractivity contribution >= 4 is 23.4 Å².